The zero-order valence-corrected chi connectivity index (χ0v) is 19.2. The molecule has 1 fully saturated rings. The predicted molar refractivity (Wildman–Crippen MR) is 118 cm³/mol. The zero-order valence-electron chi connectivity index (χ0n) is 19.2. The van der Waals surface area contributed by atoms with E-state index in [2.05, 4.69) is 16.0 Å². The summed E-state index contributed by atoms with van der Waals surface area (Å²) in [5.74, 6) is -2.10. The van der Waals surface area contributed by atoms with Crippen LogP contribution in [-0.4, -0.2) is 65.5 Å². The molecule has 2 rings (SSSR count). The highest BCUT2D eigenvalue weighted by Gasteiger charge is 2.35. The summed E-state index contributed by atoms with van der Waals surface area (Å²) in [5.41, 5.74) is -0.183. The second-order valence-electron chi connectivity index (χ2n) is 8.52. The molecule has 1 saturated heterocycles. The first-order chi connectivity index (χ1) is 15.0. The number of benzene rings is 1. The molecule has 10 heteroatoms. The monoisotopic (exact) mass is 453 g/mol. The van der Waals surface area contributed by atoms with Gasteiger partial charge >= 0.3 is 12.1 Å². The molecule has 1 aliphatic rings. The number of hydrogen-bond donors (Lipinski definition) is 3. The quantitative estimate of drug-likeness (QED) is 0.618. The lowest BCUT2D eigenvalue weighted by Gasteiger charge is -2.41. The molecule has 32 heavy (non-hydrogen) atoms. The molecular formula is C22H33F2N5O3. The molecule has 0 saturated carbocycles. The normalized spacial score (nSPS) is 18.2. The Balaban J connectivity index is 2.05. The molecule has 3 N–H and O–H groups in total. The van der Waals surface area contributed by atoms with Gasteiger partial charge in [0.1, 0.15) is 17.7 Å². The van der Waals surface area contributed by atoms with Crippen LogP contribution in [0.25, 0.3) is 0 Å². The third-order valence-electron chi connectivity index (χ3n) is 5.56. The van der Waals surface area contributed by atoms with E-state index in [-0.39, 0.29) is 35.6 Å². The van der Waals surface area contributed by atoms with Gasteiger partial charge in [-0.15, -0.1) is 0 Å². The van der Waals surface area contributed by atoms with Gasteiger partial charge in [0.15, 0.2) is 0 Å². The minimum atomic E-state index is -0.906. The Kier molecular flexibility index (Phi) is 8.80. The SMILES string of the molecule is CCC(C)C(NC(=O)Nc1ccc(F)cc1F)C(=O)N1CCN(C(=O)NC(C)C)C(C)C1. The molecule has 0 radical (unpaired) electrons. The fraction of sp³-hybridized carbons (Fsp3) is 0.591. The summed E-state index contributed by atoms with van der Waals surface area (Å²) < 4.78 is 26.9. The zero-order chi connectivity index (χ0) is 24.0. The number of piperazine rings is 1. The van der Waals surface area contributed by atoms with Crippen molar-refractivity contribution < 1.29 is 23.2 Å². The first kappa shape index (κ1) is 25.4. The third-order valence-corrected chi connectivity index (χ3v) is 5.56. The van der Waals surface area contributed by atoms with Gasteiger partial charge in [0.25, 0.3) is 0 Å². The molecule has 8 nitrogen and oxygen atoms in total. The summed E-state index contributed by atoms with van der Waals surface area (Å²) in [6.45, 7) is 10.4. The summed E-state index contributed by atoms with van der Waals surface area (Å²) in [5, 5.41) is 7.82. The molecule has 0 aromatic heterocycles. The highest BCUT2D eigenvalue weighted by molar-refractivity contribution is 5.94. The van der Waals surface area contributed by atoms with Crippen LogP contribution in [-0.2, 0) is 4.79 Å². The van der Waals surface area contributed by atoms with Gasteiger partial charge in [0, 0.05) is 37.8 Å². The first-order valence-electron chi connectivity index (χ1n) is 10.9. The summed E-state index contributed by atoms with van der Waals surface area (Å²) in [6.07, 6.45) is 0.633. The summed E-state index contributed by atoms with van der Waals surface area (Å²) in [4.78, 5) is 41.4. The second-order valence-corrected chi connectivity index (χ2v) is 8.52. The maximum atomic E-state index is 13.9. The second kappa shape index (κ2) is 11.1. The van der Waals surface area contributed by atoms with Gasteiger partial charge < -0.3 is 25.8 Å². The van der Waals surface area contributed by atoms with Crippen LogP contribution in [0.4, 0.5) is 24.1 Å². The van der Waals surface area contributed by atoms with Crippen molar-refractivity contribution >= 4 is 23.7 Å². The highest BCUT2D eigenvalue weighted by Crippen LogP contribution is 2.18. The van der Waals surface area contributed by atoms with Crippen LogP contribution in [0.3, 0.4) is 0 Å². The van der Waals surface area contributed by atoms with E-state index in [4.69, 9.17) is 0 Å². The van der Waals surface area contributed by atoms with Gasteiger partial charge in [-0.1, -0.05) is 20.3 Å². The summed E-state index contributed by atoms with van der Waals surface area (Å²) in [7, 11) is 0. The van der Waals surface area contributed by atoms with Gasteiger partial charge in [-0.3, -0.25) is 4.79 Å². The van der Waals surface area contributed by atoms with E-state index in [0.29, 0.717) is 32.1 Å². The largest absolute Gasteiger partial charge is 0.337 e. The van der Waals surface area contributed by atoms with E-state index in [1.807, 2.05) is 34.6 Å². The lowest BCUT2D eigenvalue weighted by molar-refractivity contribution is -0.136. The van der Waals surface area contributed by atoms with Crippen molar-refractivity contribution in [2.45, 2.75) is 59.2 Å². The molecule has 0 aliphatic carbocycles. The lowest BCUT2D eigenvalue weighted by Crippen LogP contribution is -2.61. The van der Waals surface area contributed by atoms with Crippen molar-refractivity contribution in [1.29, 1.82) is 0 Å². The molecule has 5 amide bonds. The number of nitrogens with one attached hydrogen (secondary N) is 3. The van der Waals surface area contributed by atoms with E-state index in [1.54, 1.807) is 9.80 Å². The number of carbonyl (C=O) groups is 3. The van der Waals surface area contributed by atoms with Crippen molar-refractivity contribution in [3.63, 3.8) is 0 Å². The Labute approximate surface area is 187 Å². The van der Waals surface area contributed by atoms with E-state index in [1.165, 1.54) is 0 Å². The van der Waals surface area contributed by atoms with Crippen molar-refractivity contribution in [2.75, 3.05) is 25.0 Å². The molecule has 1 heterocycles. The Bertz CT molecular complexity index is 836. The Hall–Kier alpha value is -2.91. The topological polar surface area (TPSA) is 93.8 Å². The van der Waals surface area contributed by atoms with Crippen LogP contribution in [0.1, 0.15) is 41.0 Å². The van der Waals surface area contributed by atoms with E-state index < -0.39 is 23.7 Å². The van der Waals surface area contributed by atoms with Crippen molar-refractivity contribution in [3.05, 3.63) is 29.8 Å². The summed E-state index contributed by atoms with van der Waals surface area (Å²) >= 11 is 0. The van der Waals surface area contributed by atoms with Gasteiger partial charge in [-0.25, -0.2) is 18.4 Å². The number of urea groups is 2. The number of carbonyl (C=O) groups excluding carboxylic acids is 3. The molecule has 1 aromatic carbocycles. The fourth-order valence-electron chi connectivity index (χ4n) is 3.56. The van der Waals surface area contributed by atoms with Gasteiger partial charge in [0.2, 0.25) is 5.91 Å². The standard InChI is InChI=1S/C22H33F2N5O3/c1-6-14(4)19(27-21(31)26-18-8-7-16(23)11-17(18)24)20(30)28-9-10-29(15(5)12-28)22(32)25-13(2)3/h7-8,11,13-15,19H,6,9-10,12H2,1-5H3,(H,25,32)(H2,26,27,31). The highest BCUT2D eigenvalue weighted by atomic mass is 19.1. The van der Waals surface area contributed by atoms with Crippen LogP contribution < -0.4 is 16.0 Å². The maximum Gasteiger partial charge on any atom is 0.319 e. The maximum absolute atomic E-state index is 13.9. The first-order valence-corrected chi connectivity index (χ1v) is 10.9. The van der Waals surface area contributed by atoms with E-state index in [9.17, 15) is 23.2 Å². The molecule has 3 unspecified atom stereocenters. The minimum Gasteiger partial charge on any atom is -0.337 e. The minimum absolute atomic E-state index is 0.0119. The number of halogens is 2. The fourth-order valence-corrected chi connectivity index (χ4v) is 3.56. The molecule has 1 aromatic rings. The molecule has 1 aliphatic heterocycles. The van der Waals surface area contributed by atoms with Crippen molar-refractivity contribution in [1.82, 2.24) is 20.4 Å². The molecule has 0 bridgehead atoms. The van der Waals surface area contributed by atoms with Crippen molar-refractivity contribution in [2.24, 2.45) is 5.92 Å². The van der Waals surface area contributed by atoms with Crippen molar-refractivity contribution in [3.8, 4) is 0 Å². The van der Waals surface area contributed by atoms with Gasteiger partial charge in [-0.05, 0) is 38.8 Å². The van der Waals surface area contributed by atoms with Gasteiger partial charge in [0.05, 0.1) is 5.69 Å². The average Bonchev–Trinajstić information content (AvgIpc) is 2.72. The van der Waals surface area contributed by atoms with Crippen LogP contribution >= 0.6 is 0 Å². The number of rotatable bonds is 6. The average molecular weight is 454 g/mol. The van der Waals surface area contributed by atoms with Crippen LogP contribution in [0.5, 0.6) is 0 Å². The number of hydrogen-bond acceptors (Lipinski definition) is 3. The number of nitrogens with zero attached hydrogens (tertiary/aromatic N) is 2. The van der Waals surface area contributed by atoms with Crippen LogP contribution in [0.15, 0.2) is 18.2 Å². The smallest absolute Gasteiger partial charge is 0.319 e. The predicted octanol–water partition coefficient (Wildman–Crippen LogP) is 3.15. The van der Waals surface area contributed by atoms with E-state index in [0.717, 1.165) is 12.1 Å². The molecule has 0 spiro atoms. The number of anilines is 1. The molecule has 3 atom stereocenters. The Morgan fingerprint density at radius 3 is 2.38 bits per heavy atom. The van der Waals surface area contributed by atoms with Gasteiger partial charge in [-0.2, -0.15) is 0 Å². The Morgan fingerprint density at radius 2 is 1.81 bits per heavy atom. The summed E-state index contributed by atoms with van der Waals surface area (Å²) in [6, 6.07) is 0.896. The number of amides is 5. The van der Waals surface area contributed by atoms with Crippen LogP contribution in [0, 0.1) is 17.6 Å². The van der Waals surface area contributed by atoms with E-state index >= 15 is 0 Å². The molecular weight excluding hydrogens is 420 g/mol. The Morgan fingerprint density at radius 1 is 1.12 bits per heavy atom. The third kappa shape index (κ3) is 6.54. The van der Waals surface area contributed by atoms with Crippen LogP contribution in [0.2, 0.25) is 0 Å². The molecule has 178 valence electrons. The lowest BCUT2D eigenvalue weighted by atomic mass is 9.97.